The Kier molecular flexibility index (Phi) is 2.73. The van der Waals surface area contributed by atoms with Crippen LogP contribution in [0, 0.1) is 5.92 Å². The maximum atomic E-state index is 11.2. The second-order valence-electron chi connectivity index (χ2n) is 4.70. The molecule has 2 N–H and O–H groups in total. The zero-order chi connectivity index (χ0) is 11.7. The summed E-state index contributed by atoms with van der Waals surface area (Å²) < 4.78 is 5.07. The summed E-state index contributed by atoms with van der Waals surface area (Å²) in [5.41, 5.74) is 2.73. The Hall–Kier alpha value is -1.55. The molecule has 1 aliphatic heterocycles. The van der Waals surface area contributed by atoms with Gasteiger partial charge < -0.3 is 9.73 Å². The van der Waals surface area contributed by atoms with Crippen LogP contribution in [0.5, 0.6) is 0 Å². The maximum Gasteiger partial charge on any atom is 0.417 e. The molecule has 2 aromatic rings. The minimum atomic E-state index is -0.363. The van der Waals surface area contributed by atoms with Crippen molar-refractivity contribution in [3.63, 3.8) is 0 Å². The van der Waals surface area contributed by atoms with Crippen LogP contribution in [0.2, 0.25) is 0 Å². The van der Waals surface area contributed by atoms with E-state index in [-0.39, 0.29) is 5.76 Å². The monoisotopic (exact) mass is 232 g/mol. The Morgan fingerprint density at radius 1 is 1.29 bits per heavy atom. The van der Waals surface area contributed by atoms with E-state index in [9.17, 15) is 4.79 Å². The number of aromatic nitrogens is 1. The minimum Gasteiger partial charge on any atom is -0.408 e. The van der Waals surface area contributed by atoms with Gasteiger partial charge in [0.25, 0.3) is 0 Å². The number of hydrogen-bond donors (Lipinski definition) is 2. The van der Waals surface area contributed by atoms with Crippen LogP contribution in [0.4, 0.5) is 0 Å². The third kappa shape index (κ3) is 2.13. The van der Waals surface area contributed by atoms with Crippen LogP contribution in [-0.4, -0.2) is 18.1 Å². The first-order valence-corrected chi connectivity index (χ1v) is 6.14. The third-order valence-corrected chi connectivity index (χ3v) is 3.51. The number of para-hydroxylation sites is 1. The molecule has 17 heavy (non-hydrogen) atoms. The van der Waals surface area contributed by atoms with Gasteiger partial charge in [0.1, 0.15) is 0 Å². The highest BCUT2D eigenvalue weighted by molar-refractivity contribution is 5.76. The smallest absolute Gasteiger partial charge is 0.408 e. The number of rotatable bonds is 2. The SMILES string of the molecule is O=c1[nH]c2c(CC3CCNCC3)cccc2o1. The molecule has 1 aromatic heterocycles. The van der Waals surface area contributed by atoms with Gasteiger partial charge >= 0.3 is 5.76 Å². The van der Waals surface area contributed by atoms with Crippen LogP contribution in [0.1, 0.15) is 18.4 Å². The average molecular weight is 232 g/mol. The Morgan fingerprint density at radius 2 is 2.12 bits per heavy atom. The van der Waals surface area contributed by atoms with Crippen molar-refractivity contribution in [2.24, 2.45) is 5.92 Å². The Labute approximate surface area is 99.0 Å². The van der Waals surface area contributed by atoms with Gasteiger partial charge in [-0.3, -0.25) is 4.98 Å². The molecule has 0 unspecified atom stereocenters. The van der Waals surface area contributed by atoms with E-state index in [1.165, 1.54) is 18.4 Å². The van der Waals surface area contributed by atoms with Gasteiger partial charge in [0.05, 0.1) is 5.52 Å². The van der Waals surface area contributed by atoms with Crippen LogP contribution in [-0.2, 0) is 6.42 Å². The van der Waals surface area contributed by atoms with Crippen molar-refractivity contribution in [1.29, 1.82) is 0 Å². The highest BCUT2D eigenvalue weighted by atomic mass is 16.4. The van der Waals surface area contributed by atoms with Crippen LogP contribution in [0.25, 0.3) is 11.1 Å². The Morgan fingerprint density at radius 3 is 2.94 bits per heavy atom. The number of aromatic amines is 1. The lowest BCUT2D eigenvalue weighted by molar-refractivity contribution is 0.373. The molecule has 2 heterocycles. The van der Waals surface area contributed by atoms with Crippen molar-refractivity contribution in [3.05, 3.63) is 34.3 Å². The fourth-order valence-electron chi connectivity index (χ4n) is 2.60. The molecular formula is C13H16N2O2. The zero-order valence-corrected chi connectivity index (χ0v) is 9.66. The fraction of sp³-hybridized carbons (Fsp3) is 0.462. The van der Waals surface area contributed by atoms with E-state index in [0.29, 0.717) is 11.5 Å². The Balaban J connectivity index is 1.91. The number of benzene rings is 1. The lowest BCUT2D eigenvalue weighted by atomic mass is 9.90. The van der Waals surface area contributed by atoms with E-state index in [1.807, 2.05) is 12.1 Å². The zero-order valence-electron chi connectivity index (χ0n) is 9.66. The largest absolute Gasteiger partial charge is 0.417 e. The van der Waals surface area contributed by atoms with Crippen molar-refractivity contribution >= 4 is 11.1 Å². The van der Waals surface area contributed by atoms with Crippen molar-refractivity contribution in [1.82, 2.24) is 10.3 Å². The number of piperidine rings is 1. The van der Waals surface area contributed by atoms with Gasteiger partial charge in [-0.25, -0.2) is 4.79 Å². The molecule has 0 aliphatic carbocycles. The van der Waals surface area contributed by atoms with Gasteiger partial charge in [-0.15, -0.1) is 0 Å². The van der Waals surface area contributed by atoms with Gasteiger partial charge in [0, 0.05) is 0 Å². The van der Waals surface area contributed by atoms with Gasteiger partial charge in [-0.2, -0.15) is 0 Å². The summed E-state index contributed by atoms with van der Waals surface area (Å²) in [6, 6.07) is 5.87. The molecule has 90 valence electrons. The highest BCUT2D eigenvalue weighted by Gasteiger charge is 2.15. The van der Waals surface area contributed by atoms with Crippen LogP contribution < -0.4 is 11.1 Å². The van der Waals surface area contributed by atoms with Crippen molar-refractivity contribution in [3.8, 4) is 0 Å². The second kappa shape index (κ2) is 4.37. The molecule has 0 spiro atoms. The summed E-state index contributed by atoms with van der Waals surface area (Å²) in [5.74, 6) is 0.345. The average Bonchev–Trinajstić information content (AvgIpc) is 2.72. The fourth-order valence-corrected chi connectivity index (χ4v) is 2.60. The molecule has 3 rings (SSSR count). The Bertz CT molecular complexity index is 564. The minimum absolute atomic E-state index is 0.363. The number of fused-ring (bicyclic) bond motifs is 1. The van der Waals surface area contributed by atoms with Gasteiger partial charge in [-0.1, -0.05) is 12.1 Å². The molecule has 0 atom stereocenters. The molecule has 0 radical (unpaired) electrons. The summed E-state index contributed by atoms with van der Waals surface area (Å²) >= 11 is 0. The molecule has 0 bridgehead atoms. The molecule has 0 amide bonds. The summed E-state index contributed by atoms with van der Waals surface area (Å²) in [7, 11) is 0. The van der Waals surface area contributed by atoms with Crippen LogP contribution in [0.3, 0.4) is 0 Å². The first-order valence-electron chi connectivity index (χ1n) is 6.14. The normalized spacial score (nSPS) is 17.6. The van der Waals surface area contributed by atoms with Crippen LogP contribution in [0.15, 0.2) is 27.4 Å². The standard InChI is InChI=1S/C13H16N2O2/c16-13-15-12-10(2-1-3-11(12)17-13)8-9-4-6-14-7-5-9/h1-3,9,14H,4-8H2,(H,15,16). The van der Waals surface area contributed by atoms with Gasteiger partial charge in [0.15, 0.2) is 5.58 Å². The summed E-state index contributed by atoms with van der Waals surface area (Å²) in [6.07, 6.45) is 3.44. The highest BCUT2D eigenvalue weighted by Crippen LogP contribution is 2.22. The van der Waals surface area contributed by atoms with E-state index >= 15 is 0 Å². The van der Waals surface area contributed by atoms with Crippen molar-refractivity contribution < 1.29 is 4.42 Å². The summed E-state index contributed by atoms with van der Waals surface area (Å²) in [6.45, 7) is 2.20. The summed E-state index contributed by atoms with van der Waals surface area (Å²) in [5, 5.41) is 3.37. The van der Waals surface area contributed by atoms with E-state index < -0.39 is 0 Å². The van der Waals surface area contributed by atoms with Crippen molar-refractivity contribution in [2.75, 3.05) is 13.1 Å². The lowest BCUT2D eigenvalue weighted by Gasteiger charge is -2.22. The topological polar surface area (TPSA) is 58.0 Å². The molecule has 1 fully saturated rings. The van der Waals surface area contributed by atoms with Crippen molar-refractivity contribution in [2.45, 2.75) is 19.3 Å². The molecule has 1 aliphatic rings. The van der Waals surface area contributed by atoms with Crippen LogP contribution >= 0.6 is 0 Å². The third-order valence-electron chi connectivity index (χ3n) is 3.51. The predicted molar refractivity (Wildman–Crippen MR) is 66.1 cm³/mol. The quantitative estimate of drug-likeness (QED) is 0.828. The number of hydrogen-bond acceptors (Lipinski definition) is 3. The second-order valence-corrected chi connectivity index (χ2v) is 4.70. The van der Waals surface area contributed by atoms with E-state index in [1.54, 1.807) is 0 Å². The number of H-pyrrole nitrogens is 1. The molecule has 4 nitrogen and oxygen atoms in total. The van der Waals surface area contributed by atoms with E-state index in [2.05, 4.69) is 16.4 Å². The molecule has 1 aromatic carbocycles. The van der Waals surface area contributed by atoms with E-state index in [0.717, 1.165) is 25.0 Å². The molecule has 0 saturated carbocycles. The van der Waals surface area contributed by atoms with E-state index in [4.69, 9.17) is 4.42 Å². The number of nitrogens with one attached hydrogen (secondary N) is 2. The predicted octanol–water partition coefficient (Wildman–Crippen LogP) is 1.66. The van der Waals surface area contributed by atoms with Gasteiger partial charge in [0.2, 0.25) is 0 Å². The number of oxazole rings is 1. The lowest BCUT2D eigenvalue weighted by Crippen LogP contribution is -2.28. The van der Waals surface area contributed by atoms with Gasteiger partial charge in [-0.05, 0) is 49.9 Å². The summed E-state index contributed by atoms with van der Waals surface area (Å²) in [4.78, 5) is 14.0. The molecule has 1 saturated heterocycles. The molecular weight excluding hydrogens is 216 g/mol. The first kappa shape index (κ1) is 10.6. The maximum absolute atomic E-state index is 11.2. The first-order chi connectivity index (χ1) is 8.33. The molecule has 4 heteroatoms.